The van der Waals surface area contributed by atoms with Gasteiger partial charge in [0.05, 0.1) is 0 Å². The molecule has 0 saturated carbocycles. The lowest BCUT2D eigenvalue weighted by atomic mass is 10.2. The number of aliphatic hydroxyl groups excluding tert-OH is 1. The second-order valence-electron chi connectivity index (χ2n) is 4.15. The minimum atomic E-state index is -3.38. The highest BCUT2D eigenvalue weighted by molar-refractivity contribution is 7.87. The average molecular weight is 300 g/mol. The van der Waals surface area contributed by atoms with Gasteiger partial charge in [-0.2, -0.15) is 17.4 Å². The number of rotatable bonds is 4. The minimum Gasteiger partial charge on any atom is -0.384 e. The summed E-state index contributed by atoms with van der Waals surface area (Å²) in [5.74, 6) is 5.38. The predicted octanol–water partition coefficient (Wildman–Crippen LogP) is 0.522. The van der Waals surface area contributed by atoms with Gasteiger partial charge in [-0.05, 0) is 24.3 Å². The molecule has 0 atom stereocenters. The monoisotopic (exact) mass is 300 g/mol. The summed E-state index contributed by atoms with van der Waals surface area (Å²) in [5.41, 5.74) is 0.767. The first-order chi connectivity index (χ1) is 9.13. The van der Waals surface area contributed by atoms with Crippen LogP contribution in [0.15, 0.2) is 11.4 Å². The first-order valence-electron chi connectivity index (χ1n) is 6.04. The molecule has 0 aliphatic carbocycles. The van der Waals surface area contributed by atoms with Crippen molar-refractivity contribution in [3.8, 4) is 11.8 Å². The molecule has 0 aromatic carbocycles. The third kappa shape index (κ3) is 3.78. The maximum atomic E-state index is 12.0. The van der Waals surface area contributed by atoms with Crippen molar-refractivity contribution in [2.24, 2.45) is 0 Å². The van der Waals surface area contributed by atoms with E-state index in [0.717, 1.165) is 23.3 Å². The molecule has 1 fully saturated rings. The van der Waals surface area contributed by atoms with Crippen molar-refractivity contribution in [1.82, 2.24) is 9.03 Å². The van der Waals surface area contributed by atoms with E-state index in [4.69, 9.17) is 5.11 Å². The summed E-state index contributed by atoms with van der Waals surface area (Å²) in [6, 6.07) is 1.83. The molecule has 1 aliphatic heterocycles. The summed E-state index contributed by atoms with van der Waals surface area (Å²) >= 11 is 1.45. The van der Waals surface area contributed by atoms with Gasteiger partial charge < -0.3 is 5.11 Å². The zero-order valence-electron chi connectivity index (χ0n) is 10.4. The molecule has 0 unspecified atom stereocenters. The van der Waals surface area contributed by atoms with Gasteiger partial charge in [-0.15, -0.1) is 11.3 Å². The molecule has 0 amide bonds. The Hall–Kier alpha value is -0.910. The van der Waals surface area contributed by atoms with Crippen molar-refractivity contribution in [3.05, 3.63) is 21.9 Å². The molecule has 1 aromatic heterocycles. The number of thiophene rings is 1. The smallest absolute Gasteiger partial charge is 0.279 e. The standard InChI is InChI=1S/C12H16N2O3S2/c15-8-3-4-11-5-9-18-12(11)10-13-19(16,17)14-6-1-2-7-14/h5,9,13,15H,1-2,6-8,10H2. The first-order valence-corrected chi connectivity index (χ1v) is 8.36. The molecule has 2 N–H and O–H groups in total. The van der Waals surface area contributed by atoms with Crippen molar-refractivity contribution >= 4 is 21.5 Å². The van der Waals surface area contributed by atoms with Gasteiger partial charge in [0.2, 0.25) is 0 Å². The Morgan fingerprint density at radius 3 is 2.84 bits per heavy atom. The van der Waals surface area contributed by atoms with Crippen LogP contribution in [0.1, 0.15) is 23.3 Å². The largest absolute Gasteiger partial charge is 0.384 e. The fraction of sp³-hybridized carbons (Fsp3) is 0.500. The highest BCUT2D eigenvalue weighted by Crippen LogP contribution is 2.17. The topological polar surface area (TPSA) is 69.6 Å². The van der Waals surface area contributed by atoms with Crippen molar-refractivity contribution in [2.45, 2.75) is 19.4 Å². The molecule has 1 saturated heterocycles. The minimum absolute atomic E-state index is 0.200. The Balaban J connectivity index is 2.00. The van der Waals surface area contributed by atoms with E-state index in [0.29, 0.717) is 13.1 Å². The van der Waals surface area contributed by atoms with Crippen LogP contribution in [-0.2, 0) is 16.8 Å². The first kappa shape index (κ1) is 14.5. The second-order valence-corrected chi connectivity index (χ2v) is 6.91. The Morgan fingerprint density at radius 2 is 2.16 bits per heavy atom. The van der Waals surface area contributed by atoms with E-state index in [1.165, 1.54) is 15.6 Å². The summed E-state index contributed by atoms with van der Waals surface area (Å²) in [6.07, 6.45) is 1.85. The Kier molecular flexibility index (Phi) is 4.96. The van der Waals surface area contributed by atoms with Crippen LogP contribution in [-0.4, -0.2) is 37.5 Å². The summed E-state index contributed by atoms with van der Waals surface area (Å²) in [6.45, 7) is 1.23. The lowest BCUT2D eigenvalue weighted by molar-refractivity contribution is 0.350. The molecule has 2 rings (SSSR count). The van der Waals surface area contributed by atoms with E-state index in [2.05, 4.69) is 16.6 Å². The molecule has 104 valence electrons. The van der Waals surface area contributed by atoms with E-state index < -0.39 is 10.2 Å². The molecule has 1 aliphatic rings. The fourth-order valence-electron chi connectivity index (χ4n) is 1.90. The van der Waals surface area contributed by atoms with E-state index in [1.807, 2.05) is 11.4 Å². The Morgan fingerprint density at radius 1 is 1.42 bits per heavy atom. The predicted molar refractivity (Wildman–Crippen MR) is 74.8 cm³/mol. The van der Waals surface area contributed by atoms with Gasteiger partial charge in [0, 0.05) is 30.1 Å². The molecule has 0 bridgehead atoms. The summed E-state index contributed by atoms with van der Waals surface area (Å²) < 4.78 is 28.1. The molecule has 2 heterocycles. The number of hydrogen-bond acceptors (Lipinski definition) is 4. The maximum Gasteiger partial charge on any atom is 0.279 e. The van der Waals surface area contributed by atoms with Gasteiger partial charge in [0.1, 0.15) is 6.61 Å². The lowest BCUT2D eigenvalue weighted by Crippen LogP contribution is -2.38. The lowest BCUT2D eigenvalue weighted by Gasteiger charge is -2.15. The quantitative estimate of drug-likeness (QED) is 0.797. The zero-order chi connectivity index (χ0) is 13.7. The number of aliphatic hydroxyl groups is 1. The second kappa shape index (κ2) is 6.50. The fourth-order valence-corrected chi connectivity index (χ4v) is 4.01. The van der Waals surface area contributed by atoms with Gasteiger partial charge in [0.15, 0.2) is 0 Å². The summed E-state index contributed by atoms with van der Waals surface area (Å²) in [4.78, 5) is 0.865. The van der Waals surface area contributed by atoms with Crippen molar-refractivity contribution in [2.75, 3.05) is 19.7 Å². The van der Waals surface area contributed by atoms with Crippen LogP contribution < -0.4 is 4.72 Å². The third-order valence-electron chi connectivity index (χ3n) is 2.87. The van der Waals surface area contributed by atoms with E-state index >= 15 is 0 Å². The highest BCUT2D eigenvalue weighted by atomic mass is 32.2. The third-order valence-corrected chi connectivity index (χ3v) is 5.34. The van der Waals surface area contributed by atoms with Crippen LogP contribution in [0.25, 0.3) is 0 Å². The molecule has 19 heavy (non-hydrogen) atoms. The molecule has 0 radical (unpaired) electrons. The number of nitrogens with zero attached hydrogens (tertiary/aromatic N) is 1. The van der Waals surface area contributed by atoms with E-state index in [1.54, 1.807) is 0 Å². The highest BCUT2D eigenvalue weighted by Gasteiger charge is 2.24. The molecule has 1 aromatic rings. The molecule has 7 heteroatoms. The number of hydrogen-bond donors (Lipinski definition) is 2. The summed E-state index contributed by atoms with van der Waals surface area (Å²) in [5, 5.41) is 10.5. The molecular weight excluding hydrogens is 284 g/mol. The van der Waals surface area contributed by atoms with Crippen molar-refractivity contribution in [1.29, 1.82) is 0 Å². The van der Waals surface area contributed by atoms with Gasteiger partial charge in [-0.1, -0.05) is 11.8 Å². The van der Waals surface area contributed by atoms with Gasteiger partial charge in [-0.25, -0.2) is 0 Å². The zero-order valence-corrected chi connectivity index (χ0v) is 12.1. The van der Waals surface area contributed by atoms with Crippen LogP contribution in [0, 0.1) is 11.8 Å². The van der Waals surface area contributed by atoms with Crippen molar-refractivity contribution in [3.63, 3.8) is 0 Å². The summed E-state index contributed by atoms with van der Waals surface area (Å²) in [7, 11) is -3.38. The number of nitrogens with one attached hydrogen (secondary N) is 1. The Labute approximate surface area is 117 Å². The average Bonchev–Trinajstić information content (AvgIpc) is 3.05. The Bertz CT molecular complexity index is 578. The van der Waals surface area contributed by atoms with Crippen LogP contribution in [0.2, 0.25) is 0 Å². The molecule has 5 nitrogen and oxygen atoms in total. The van der Waals surface area contributed by atoms with Gasteiger partial charge in [-0.3, -0.25) is 0 Å². The van der Waals surface area contributed by atoms with Crippen LogP contribution in [0.3, 0.4) is 0 Å². The maximum absolute atomic E-state index is 12.0. The molecule has 0 spiro atoms. The van der Waals surface area contributed by atoms with E-state index in [9.17, 15) is 8.42 Å². The van der Waals surface area contributed by atoms with Gasteiger partial charge in [0.25, 0.3) is 10.2 Å². The van der Waals surface area contributed by atoms with Gasteiger partial charge >= 0.3 is 0 Å². The van der Waals surface area contributed by atoms with Crippen molar-refractivity contribution < 1.29 is 13.5 Å². The normalized spacial score (nSPS) is 16.3. The van der Waals surface area contributed by atoms with E-state index in [-0.39, 0.29) is 13.2 Å². The van der Waals surface area contributed by atoms with Crippen LogP contribution >= 0.6 is 11.3 Å². The molecular formula is C12H16N2O3S2. The SMILES string of the molecule is O=S(=O)(NCc1sccc1C#CCO)N1CCCC1. The van der Waals surface area contributed by atoms with Crippen LogP contribution in [0.5, 0.6) is 0 Å². The van der Waals surface area contributed by atoms with Crippen LogP contribution in [0.4, 0.5) is 0 Å².